The Labute approximate surface area is 156 Å². The number of aryl methyl sites for hydroxylation is 2. The second kappa shape index (κ2) is 10.0. The zero-order valence-electron chi connectivity index (χ0n) is 16.4. The molecule has 0 saturated carbocycles. The minimum absolute atomic E-state index is 0.205. The summed E-state index contributed by atoms with van der Waals surface area (Å²) in [5.74, 6) is 1.56. The van der Waals surface area contributed by atoms with E-state index in [1.54, 1.807) is 14.2 Å². The minimum atomic E-state index is 0.205. The van der Waals surface area contributed by atoms with Crippen molar-refractivity contribution in [2.75, 3.05) is 39.3 Å². The highest BCUT2D eigenvalue weighted by Gasteiger charge is 2.18. The maximum absolute atomic E-state index is 5.81. The van der Waals surface area contributed by atoms with E-state index in [4.69, 9.17) is 18.9 Å². The van der Waals surface area contributed by atoms with Crippen molar-refractivity contribution in [2.24, 2.45) is 0 Å². The van der Waals surface area contributed by atoms with Crippen LogP contribution in [0.15, 0.2) is 36.4 Å². The van der Waals surface area contributed by atoms with Crippen molar-refractivity contribution in [1.82, 2.24) is 0 Å². The van der Waals surface area contributed by atoms with Gasteiger partial charge in [-0.15, -0.1) is 0 Å². The van der Waals surface area contributed by atoms with Crippen LogP contribution in [0.2, 0.25) is 0 Å². The lowest BCUT2D eigenvalue weighted by atomic mass is 10.1. The molecule has 0 aromatic heterocycles. The Kier molecular flexibility index (Phi) is 7.75. The largest absolute Gasteiger partial charge is 0.465 e. The molecule has 2 aromatic carbocycles. The highest BCUT2D eigenvalue weighted by Crippen LogP contribution is 2.40. The first-order valence-electron chi connectivity index (χ1n) is 8.83. The van der Waals surface area contributed by atoms with E-state index in [-0.39, 0.29) is 13.6 Å². The molecule has 5 nitrogen and oxygen atoms in total. The van der Waals surface area contributed by atoms with Gasteiger partial charge in [-0.3, -0.25) is 0 Å². The van der Waals surface area contributed by atoms with Gasteiger partial charge in [-0.25, -0.2) is 0 Å². The maximum Gasteiger partial charge on any atom is 0.188 e. The van der Waals surface area contributed by atoms with E-state index in [0.29, 0.717) is 0 Å². The SMILES string of the molecule is CCCN(c1cc(C)ccc1OCOC)c1cc(C)ccc1OCOC. The van der Waals surface area contributed by atoms with Gasteiger partial charge in [0.1, 0.15) is 11.5 Å². The van der Waals surface area contributed by atoms with Crippen LogP contribution in [0.5, 0.6) is 11.5 Å². The van der Waals surface area contributed by atoms with Gasteiger partial charge in [0.2, 0.25) is 0 Å². The smallest absolute Gasteiger partial charge is 0.188 e. The van der Waals surface area contributed by atoms with Crippen LogP contribution >= 0.6 is 0 Å². The van der Waals surface area contributed by atoms with Gasteiger partial charge in [0.05, 0.1) is 11.4 Å². The summed E-state index contributed by atoms with van der Waals surface area (Å²) in [7, 11) is 3.24. The number of benzene rings is 2. The fourth-order valence-electron chi connectivity index (χ4n) is 2.76. The summed E-state index contributed by atoms with van der Waals surface area (Å²) < 4.78 is 21.8. The molecule has 0 radical (unpaired) electrons. The van der Waals surface area contributed by atoms with Crippen LogP contribution in [0.1, 0.15) is 24.5 Å². The van der Waals surface area contributed by atoms with Gasteiger partial charge in [-0.05, 0) is 55.7 Å². The highest BCUT2D eigenvalue weighted by molar-refractivity contribution is 5.74. The van der Waals surface area contributed by atoms with Crippen LogP contribution in [-0.2, 0) is 9.47 Å². The Hall–Kier alpha value is -2.24. The zero-order chi connectivity index (χ0) is 18.9. The topological polar surface area (TPSA) is 40.2 Å². The van der Waals surface area contributed by atoms with Crippen molar-refractivity contribution in [3.63, 3.8) is 0 Å². The molecule has 0 unspecified atom stereocenters. The Morgan fingerprint density at radius 2 is 1.23 bits per heavy atom. The number of anilines is 2. The molecule has 5 heteroatoms. The summed E-state index contributed by atoms with van der Waals surface area (Å²) in [5, 5.41) is 0. The van der Waals surface area contributed by atoms with Crippen LogP contribution in [-0.4, -0.2) is 34.4 Å². The summed E-state index contributed by atoms with van der Waals surface area (Å²) in [6.45, 7) is 7.55. The van der Waals surface area contributed by atoms with Crippen molar-refractivity contribution in [2.45, 2.75) is 27.2 Å². The van der Waals surface area contributed by atoms with Crippen molar-refractivity contribution in [1.29, 1.82) is 0 Å². The fourth-order valence-corrected chi connectivity index (χ4v) is 2.76. The standard InChI is InChI=1S/C21H29NO4/c1-6-11-22(18-12-16(2)7-9-20(18)25-14-23-4)19-13-17(3)8-10-21(19)26-15-24-5/h7-10,12-13H,6,11,14-15H2,1-5H3. The van der Waals surface area contributed by atoms with Crippen molar-refractivity contribution in [3.05, 3.63) is 47.5 Å². The third kappa shape index (κ3) is 5.13. The number of hydrogen-bond acceptors (Lipinski definition) is 5. The van der Waals surface area contributed by atoms with E-state index < -0.39 is 0 Å². The summed E-state index contributed by atoms with van der Waals surface area (Å²) in [6, 6.07) is 12.3. The second-order valence-electron chi connectivity index (χ2n) is 6.20. The first-order chi connectivity index (χ1) is 12.6. The molecule has 0 saturated heterocycles. The average Bonchev–Trinajstić information content (AvgIpc) is 2.64. The predicted octanol–water partition coefficient (Wildman–Crippen LogP) is 4.82. The van der Waals surface area contributed by atoms with Crippen LogP contribution in [0.4, 0.5) is 11.4 Å². The first kappa shape index (κ1) is 20.1. The Morgan fingerprint density at radius 1 is 0.769 bits per heavy atom. The van der Waals surface area contributed by atoms with E-state index in [9.17, 15) is 0 Å². The minimum Gasteiger partial charge on any atom is -0.465 e. The van der Waals surface area contributed by atoms with E-state index in [1.165, 1.54) is 0 Å². The maximum atomic E-state index is 5.81. The van der Waals surface area contributed by atoms with Gasteiger partial charge in [-0.2, -0.15) is 0 Å². The molecular weight excluding hydrogens is 330 g/mol. The fraction of sp³-hybridized carbons (Fsp3) is 0.429. The number of nitrogens with zero attached hydrogens (tertiary/aromatic N) is 1. The van der Waals surface area contributed by atoms with Gasteiger partial charge >= 0.3 is 0 Å². The van der Waals surface area contributed by atoms with Gasteiger partial charge in [0.15, 0.2) is 13.6 Å². The van der Waals surface area contributed by atoms with Gasteiger partial charge in [-0.1, -0.05) is 19.1 Å². The molecule has 0 fully saturated rings. The van der Waals surface area contributed by atoms with Gasteiger partial charge in [0.25, 0.3) is 0 Å². The molecule has 0 heterocycles. The molecule has 2 aromatic rings. The lowest BCUT2D eigenvalue weighted by Gasteiger charge is -2.29. The number of ether oxygens (including phenoxy) is 4. The summed E-state index contributed by atoms with van der Waals surface area (Å²) in [6.07, 6.45) is 0.981. The van der Waals surface area contributed by atoms with E-state index in [0.717, 1.165) is 47.0 Å². The normalized spacial score (nSPS) is 10.7. The number of rotatable bonds is 10. The van der Waals surface area contributed by atoms with Gasteiger partial charge < -0.3 is 23.8 Å². The van der Waals surface area contributed by atoms with E-state index in [1.807, 2.05) is 24.3 Å². The number of hydrogen-bond donors (Lipinski definition) is 0. The molecule has 0 N–H and O–H groups in total. The summed E-state index contributed by atoms with van der Waals surface area (Å²) in [5.41, 5.74) is 4.32. The molecule has 0 aliphatic carbocycles. The first-order valence-corrected chi connectivity index (χ1v) is 8.83. The van der Waals surface area contributed by atoms with Crippen LogP contribution in [0.3, 0.4) is 0 Å². The third-order valence-corrected chi connectivity index (χ3v) is 3.92. The summed E-state index contributed by atoms with van der Waals surface area (Å²) in [4.78, 5) is 2.23. The second-order valence-corrected chi connectivity index (χ2v) is 6.20. The molecular formula is C21H29NO4. The lowest BCUT2D eigenvalue weighted by Crippen LogP contribution is -2.20. The van der Waals surface area contributed by atoms with Gasteiger partial charge in [0, 0.05) is 20.8 Å². The van der Waals surface area contributed by atoms with Crippen molar-refractivity contribution < 1.29 is 18.9 Å². The predicted molar refractivity (Wildman–Crippen MR) is 105 cm³/mol. The van der Waals surface area contributed by atoms with Crippen molar-refractivity contribution in [3.8, 4) is 11.5 Å². The molecule has 142 valence electrons. The third-order valence-electron chi connectivity index (χ3n) is 3.92. The Balaban J connectivity index is 2.52. The zero-order valence-corrected chi connectivity index (χ0v) is 16.4. The molecule has 0 atom stereocenters. The Morgan fingerprint density at radius 3 is 1.62 bits per heavy atom. The van der Waals surface area contributed by atoms with E-state index >= 15 is 0 Å². The van der Waals surface area contributed by atoms with Crippen LogP contribution in [0.25, 0.3) is 0 Å². The average molecular weight is 359 g/mol. The lowest BCUT2D eigenvalue weighted by molar-refractivity contribution is 0.0510. The highest BCUT2D eigenvalue weighted by atomic mass is 16.7. The molecule has 0 aliphatic rings. The molecule has 0 aliphatic heterocycles. The molecule has 2 rings (SSSR count). The molecule has 0 amide bonds. The summed E-state index contributed by atoms with van der Waals surface area (Å²) >= 11 is 0. The molecule has 0 bridgehead atoms. The molecule has 0 spiro atoms. The molecule has 26 heavy (non-hydrogen) atoms. The monoisotopic (exact) mass is 359 g/mol. The van der Waals surface area contributed by atoms with Crippen LogP contribution in [0, 0.1) is 13.8 Å². The Bertz CT molecular complexity index is 645. The van der Waals surface area contributed by atoms with E-state index in [2.05, 4.69) is 37.8 Å². The quantitative estimate of drug-likeness (QED) is 0.569. The number of methoxy groups -OCH3 is 2. The van der Waals surface area contributed by atoms with Crippen LogP contribution < -0.4 is 14.4 Å². The van der Waals surface area contributed by atoms with Crippen molar-refractivity contribution >= 4 is 11.4 Å².